The zero-order chi connectivity index (χ0) is 26.9. The third-order valence-electron chi connectivity index (χ3n) is 5.54. The molecule has 1 N–H and O–H groups in total. The number of hydrogen-bond acceptors (Lipinski definition) is 8. The minimum atomic E-state index is -4.64. The predicted octanol–water partition coefficient (Wildman–Crippen LogP) is 5.59. The van der Waals surface area contributed by atoms with Gasteiger partial charge in [0.25, 0.3) is 0 Å². The van der Waals surface area contributed by atoms with E-state index in [1.807, 2.05) is 0 Å². The zero-order valence-corrected chi connectivity index (χ0v) is 22.0. The van der Waals surface area contributed by atoms with Crippen LogP contribution in [0.15, 0.2) is 18.2 Å². The van der Waals surface area contributed by atoms with E-state index >= 15 is 0 Å². The first-order valence-electron chi connectivity index (χ1n) is 11.5. The normalized spacial score (nSPS) is 20.0. The molecule has 1 fully saturated rings. The van der Waals surface area contributed by atoms with Crippen molar-refractivity contribution in [3.63, 3.8) is 0 Å². The molecule has 12 heteroatoms. The van der Waals surface area contributed by atoms with E-state index in [1.54, 1.807) is 41.5 Å². The highest BCUT2D eigenvalue weighted by atomic mass is 32.1. The van der Waals surface area contributed by atoms with Crippen molar-refractivity contribution in [2.24, 2.45) is 0 Å². The van der Waals surface area contributed by atoms with Crippen LogP contribution in [-0.4, -0.2) is 57.4 Å². The van der Waals surface area contributed by atoms with Gasteiger partial charge in [-0.2, -0.15) is 13.2 Å². The lowest BCUT2D eigenvalue weighted by molar-refractivity contribution is -0.138. The Kier molecular flexibility index (Phi) is 7.92. The average molecular weight is 532 g/mol. The fourth-order valence-electron chi connectivity index (χ4n) is 3.89. The van der Waals surface area contributed by atoms with E-state index < -0.39 is 34.7 Å². The van der Waals surface area contributed by atoms with Crippen LogP contribution in [0, 0.1) is 0 Å². The Morgan fingerprint density at radius 1 is 1.19 bits per heavy atom. The topological polar surface area (TPSA) is 94.0 Å². The summed E-state index contributed by atoms with van der Waals surface area (Å²) in [6.45, 7) is 10.6. The molecule has 200 valence electrons. The number of alkyl halides is 3. The molecular weight excluding hydrogens is 499 g/mol. The number of benzene rings is 1. The van der Waals surface area contributed by atoms with E-state index in [1.165, 1.54) is 17.0 Å². The average Bonchev–Trinajstić information content (AvgIpc) is 3.33. The van der Waals surface area contributed by atoms with Crippen molar-refractivity contribution in [3.8, 4) is 16.3 Å². The van der Waals surface area contributed by atoms with Crippen LogP contribution in [-0.2, 0) is 21.2 Å². The lowest BCUT2D eigenvalue weighted by atomic mass is 10.0. The van der Waals surface area contributed by atoms with Gasteiger partial charge in [-0.05, 0) is 72.6 Å². The number of ether oxygens (including phenoxy) is 3. The number of rotatable bonds is 7. The molecule has 3 rings (SSSR count). The van der Waals surface area contributed by atoms with Gasteiger partial charge in [0.15, 0.2) is 0 Å². The molecule has 36 heavy (non-hydrogen) atoms. The molecule has 0 bridgehead atoms. The van der Waals surface area contributed by atoms with Gasteiger partial charge in [-0.15, -0.1) is 10.2 Å². The number of halogens is 3. The van der Waals surface area contributed by atoms with Crippen molar-refractivity contribution in [1.29, 1.82) is 0 Å². The number of carbonyl (C=O) groups excluding carboxylic acids is 1. The van der Waals surface area contributed by atoms with E-state index in [9.17, 15) is 18.0 Å². The van der Waals surface area contributed by atoms with Gasteiger partial charge in [0.05, 0.1) is 18.8 Å². The minimum absolute atomic E-state index is 0.0553. The molecule has 1 aliphatic rings. The van der Waals surface area contributed by atoms with Gasteiger partial charge < -0.3 is 19.3 Å². The molecule has 1 unspecified atom stereocenters. The summed E-state index contributed by atoms with van der Waals surface area (Å²) in [5, 5.41) is 17.9. The number of amides is 1. The van der Waals surface area contributed by atoms with E-state index in [2.05, 4.69) is 10.2 Å². The summed E-state index contributed by atoms with van der Waals surface area (Å²) in [7, 11) is 0. The van der Waals surface area contributed by atoms with Gasteiger partial charge in [-0.3, -0.25) is 4.90 Å². The Morgan fingerprint density at radius 2 is 1.89 bits per heavy atom. The molecule has 1 amide bonds. The summed E-state index contributed by atoms with van der Waals surface area (Å²) in [5.74, 6) is -0.289. The van der Waals surface area contributed by atoms with Crippen molar-refractivity contribution in [1.82, 2.24) is 15.1 Å². The third kappa shape index (κ3) is 6.09. The number of aliphatic hydroxyl groups is 1. The summed E-state index contributed by atoms with van der Waals surface area (Å²) in [6, 6.07) is 3.73. The highest BCUT2D eigenvalue weighted by molar-refractivity contribution is 7.14. The van der Waals surface area contributed by atoms with Crippen molar-refractivity contribution in [3.05, 3.63) is 28.8 Å². The van der Waals surface area contributed by atoms with Crippen LogP contribution >= 0.6 is 11.3 Å². The standard InChI is InChI=1S/C24H32F3N3O5S/c1-21(2,3)35-20(32)30-22(4,5)34-14-23(30,6)19-29-28-18(36-19)15-9-10-17(33-12-8-7-11-31)16(13-15)24(25,26)27/h9-10,13,31H,7-8,11-12,14H2,1-6H3. The minimum Gasteiger partial charge on any atom is -0.493 e. The van der Waals surface area contributed by atoms with Gasteiger partial charge in [0, 0.05) is 12.2 Å². The van der Waals surface area contributed by atoms with Crippen LogP contribution < -0.4 is 4.74 Å². The Morgan fingerprint density at radius 3 is 2.50 bits per heavy atom. The molecule has 0 aliphatic carbocycles. The Labute approximate surface area is 212 Å². The first kappa shape index (κ1) is 28.1. The Balaban J connectivity index is 1.93. The van der Waals surface area contributed by atoms with E-state index in [4.69, 9.17) is 19.3 Å². The number of aromatic nitrogens is 2. The summed E-state index contributed by atoms with van der Waals surface area (Å²) < 4.78 is 58.1. The molecule has 2 heterocycles. The van der Waals surface area contributed by atoms with Gasteiger partial charge in [-0.1, -0.05) is 11.3 Å². The summed E-state index contributed by atoms with van der Waals surface area (Å²) in [4.78, 5) is 14.5. The van der Waals surface area contributed by atoms with Crippen molar-refractivity contribution in [2.75, 3.05) is 19.8 Å². The lowest BCUT2D eigenvalue weighted by Crippen LogP contribution is -2.54. The fourth-order valence-corrected chi connectivity index (χ4v) is 4.85. The molecule has 0 spiro atoms. The zero-order valence-electron chi connectivity index (χ0n) is 21.2. The molecular formula is C24H32F3N3O5S. The first-order valence-corrected chi connectivity index (χ1v) is 12.4. The SMILES string of the molecule is CC(C)(C)OC(=O)N1C(C)(C)OCC1(C)c1nnc(-c2ccc(OCCCCO)c(C(F)(F)F)c2)s1. The maximum atomic E-state index is 13.8. The highest BCUT2D eigenvalue weighted by Gasteiger charge is 2.55. The Bertz CT molecular complexity index is 1080. The summed E-state index contributed by atoms with van der Waals surface area (Å²) in [5.41, 5.74) is -3.48. The summed E-state index contributed by atoms with van der Waals surface area (Å²) >= 11 is 1.08. The molecule has 1 saturated heterocycles. The molecule has 0 radical (unpaired) electrons. The maximum Gasteiger partial charge on any atom is 0.419 e. The number of aliphatic hydroxyl groups excluding tert-OH is 1. The second-order valence-corrected chi connectivity index (χ2v) is 11.2. The quantitative estimate of drug-likeness (QED) is 0.465. The predicted molar refractivity (Wildman–Crippen MR) is 128 cm³/mol. The van der Waals surface area contributed by atoms with Gasteiger partial charge in [0.2, 0.25) is 0 Å². The number of hydrogen-bond donors (Lipinski definition) is 1. The van der Waals surface area contributed by atoms with Crippen LogP contribution in [0.3, 0.4) is 0 Å². The molecule has 1 aliphatic heterocycles. The van der Waals surface area contributed by atoms with E-state index in [0.717, 1.165) is 17.4 Å². The second kappa shape index (κ2) is 10.1. The molecule has 8 nitrogen and oxygen atoms in total. The van der Waals surface area contributed by atoms with E-state index in [0.29, 0.717) is 17.8 Å². The maximum absolute atomic E-state index is 13.8. The molecule has 1 atom stereocenters. The monoisotopic (exact) mass is 531 g/mol. The molecule has 1 aromatic heterocycles. The largest absolute Gasteiger partial charge is 0.493 e. The third-order valence-corrected chi connectivity index (χ3v) is 6.77. The van der Waals surface area contributed by atoms with Crippen LogP contribution in [0.5, 0.6) is 5.75 Å². The summed E-state index contributed by atoms with van der Waals surface area (Å²) in [6.07, 6.45) is -4.36. The smallest absolute Gasteiger partial charge is 0.419 e. The van der Waals surface area contributed by atoms with Gasteiger partial charge in [0.1, 0.15) is 32.6 Å². The number of unbranched alkanes of at least 4 members (excludes halogenated alkanes) is 1. The highest BCUT2D eigenvalue weighted by Crippen LogP contribution is 2.45. The number of carbonyl (C=O) groups is 1. The van der Waals surface area contributed by atoms with Crippen molar-refractivity contribution >= 4 is 17.4 Å². The van der Waals surface area contributed by atoms with Gasteiger partial charge >= 0.3 is 12.3 Å². The molecule has 2 aromatic rings. The Hall–Kier alpha value is -2.44. The van der Waals surface area contributed by atoms with Crippen LogP contribution in [0.25, 0.3) is 10.6 Å². The van der Waals surface area contributed by atoms with Crippen LogP contribution in [0.2, 0.25) is 0 Å². The number of nitrogens with zero attached hydrogens (tertiary/aromatic N) is 3. The van der Waals surface area contributed by atoms with Crippen molar-refractivity contribution < 1.29 is 37.3 Å². The lowest BCUT2D eigenvalue weighted by Gasteiger charge is -2.39. The first-order chi connectivity index (χ1) is 16.6. The molecule has 1 aromatic carbocycles. The van der Waals surface area contributed by atoms with Crippen LogP contribution in [0.1, 0.15) is 65.0 Å². The van der Waals surface area contributed by atoms with Crippen molar-refractivity contribution in [2.45, 2.75) is 77.4 Å². The van der Waals surface area contributed by atoms with Crippen LogP contribution in [0.4, 0.5) is 18.0 Å². The van der Waals surface area contributed by atoms with Gasteiger partial charge in [-0.25, -0.2) is 4.79 Å². The second-order valence-electron chi connectivity index (χ2n) is 10.2. The fraction of sp³-hybridized carbons (Fsp3) is 0.625. The van der Waals surface area contributed by atoms with E-state index in [-0.39, 0.29) is 36.1 Å². The molecule has 0 saturated carbocycles.